The minimum Gasteiger partial charge on any atom is -0.482 e. The smallest absolute Gasteiger partial charge is 0.308 e. The van der Waals surface area contributed by atoms with Crippen LogP contribution < -0.4 is 4.74 Å². The van der Waals surface area contributed by atoms with Gasteiger partial charge in [-0.25, -0.2) is 0 Å². The third kappa shape index (κ3) is 4.36. The second-order valence-corrected chi connectivity index (χ2v) is 6.86. The first-order chi connectivity index (χ1) is 10.4. The van der Waals surface area contributed by atoms with Gasteiger partial charge >= 0.3 is 5.97 Å². The van der Waals surface area contributed by atoms with Crippen LogP contribution in [-0.4, -0.2) is 41.6 Å². The average Bonchev–Trinajstić information content (AvgIpc) is 2.45. The van der Waals surface area contributed by atoms with Gasteiger partial charge in [-0.15, -0.1) is 0 Å². The Morgan fingerprint density at radius 2 is 2.18 bits per heavy atom. The third-order valence-electron chi connectivity index (χ3n) is 3.61. The van der Waals surface area contributed by atoms with E-state index < -0.39 is 11.9 Å². The number of aliphatic carboxylic acids is 1. The number of likely N-dealkylation sites (tertiary alicyclic amines) is 1. The van der Waals surface area contributed by atoms with Crippen molar-refractivity contribution in [2.24, 2.45) is 11.8 Å². The molecule has 2 rings (SSSR count). The molecule has 1 heterocycles. The number of carbonyl (C=O) groups is 2. The number of carbonyl (C=O) groups excluding carboxylic acids is 1. The Labute approximate surface area is 142 Å². The number of amides is 1. The lowest BCUT2D eigenvalue weighted by molar-refractivity contribution is -0.147. The molecule has 1 aliphatic rings. The molecule has 1 fully saturated rings. The largest absolute Gasteiger partial charge is 0.482 e. The molecule has 0 aromatic heterocycles. The number of carboxylic acids is 1. The first-order valence-corrected chi connectivity index (χ1v) is 8.12. The fraction of sp³-hybridized carbons (Fsp3) is 0.467. The third-order valence-corrected chi connectivity index (χ3v) is 4.40. The summed E-state index contributed by atoms with van der Waals surface area (Å²) in [5, 5.41) is 9.55. The molecule has 22 heavy (non-hydrogen) atoms. The number of halogens is 2. The van der Waals surface area contributed by atoms with Crippen LogP contribution >= 0.6 is 27.5 Å². The highest BCUT2D eigenvalue weighted by Gasteiger charge is 2.31. The number of carboxylic acid groups (broad SMARTS) is 1. The van der Waals surface area contributed by atoms with Crippen molar-refractivity contribution in [1.82, 2.24) is 4.90 Å². The molecule has 2 atom stereocenters. The number of rotatable bonds is 4. The SMILES string of the molecule is CC1CC(C(=O)O)CN(C(=O)COc2ccc(Br)cc2Cl)C1. The van der Waals surface area contributed by atoms with Crippen molar-refractivity contribution in [2.75, 3.05) is 19.7 Å². The van der Waals surface area contributed by atoms with E-state index in [9.17, 15) is 9.59 Å². The van der Waals surface area contributed by atoms with E-state index in [1.165, 1.54) is 0 Å². The van der Waals surface area contributed by atoms with Crippen molar-refractivity contribution in [3.8, 4) is 5.75 Å². The van der Waals surface area contributed by atoms with Crippen LogP contribution in [0, 0.1) is 11.8 Å². The lowest BCUT2D eigenvalue weighted by atomic mass is 9.90. The summed E-state index contributed by atoms with van der Waals surface area (Å²) in [4.78, 5) is 24.9. The van der Waals surface area contributed by atoms with E-state index >= 15 is 0 Å². The molecule has 1 aromatic rings. The molecule has 1 aliphatic heterocycles. The van der Waals surface area contributed by atoms with Crippen molar-refractivity contribution in [1.29, 1.82) is 0 Å². The fourth-order valence-corrected chi connectivity index (χ4v) is 3.29. The lowest BCUT2D eigenvalue weighted by Gasteiger charge is -2.34. The van der Waals surface area contributed by atoms with Gasteiger partial charge in [-0.2, -0.15) is 0 Å². The Morgan fingerprint density at radius 1 is 1.45 bits per heavy atom. The van der Waals surface area contributed by atoms with Crippen LogP contribution in [0.5, 0.6) is 5.75 Å². The summed E-state index contributed by atoms with van der Waals surface area (Å²) in [5.41, 5.74) is 0. The quantitative estimate of drug-likeness (QED) is 0.858. The maximum atomic E-state index is 12.2. The van der Waals surface area contributed by atoms with Crippen LogP contribution in [0.2, 0.25) is 5.02 Å². The maximum absolute atomic E-state index is 12.2. The van der Waals surface area contributed by atoms with E-state index in [0.717, 1.165) is 4.47 Å². The molecule has 1 aromatic carbocycles. The maximum Gasteiger partial charge on any atom is 0.308 e. The number of benzene rings is 1. The van der Waals surface area contributed by atoms with Crippen molar-refractivity contribution in [3.63, 3.8) is 0 Å². The number of hydrogen-bond donors (Lipinski definition) is 1. The van der Waals surface area contributed by atoms with Crippen LogP contribution in [0.15, 0.2) is 22.7 Å². The van der Waals surface area contributed by atoms with Crippen LogP contribution in [0.3, 0.4) is 0 Å². The highest BCUT2D eigenvalue weighted by molar-refractivity contribution is 9.10. The minimum atomic E-state index is -0.860. The van der Waals surface area contributed by atoms with Crippen molar-refractivity contribution in [3.05, 3.63) is 27.7 Å². The number of nitrogens with zero attached hydrogens (tertiary/aromatic N) is 1. The summed E-state index contributed by atoms with van der Waals surface area (Å²) in [6.45, 7) is 2.58. The summed E-state index contributed by atoms with van der Waals surface area (Å²) >= 11 is 9.32. The fourth-order valence-electron chi connectivity index (χ4n) is 2.56. The normalized spacial score (nSPS) is 21.5. The molecule has 0 saturated carbocycles. The Bertz CT molecular complexity index is 581. The summed E-state index contributed by atoms with van der Waals surface area (Å²) < 4.78 is 6.27. The Hall–Kier alpha value is -1.27. The topological polar surface area (TPSA) is 66.8 Å². The summed E-state index contributed by atoms with van der Waals surface area (Å²) in [6, 6.07) is 5.14. The predicted octanol–water partition coefficient (Wildman–Crippen LogP) is 3.05. The molecular weight excluding hydrogens is 374 g/mol. The second kappa shape index (κ2) is 7.33. The standard InChI is InChI=1S/C15H17BrClNO4/c1-9-4-10(15(20)21)7-18(6-9)14(19)8-22-13-3-2-11(16)5-12(13)17/h2-3,5,9-10H,4,6-8H2,1H3,(H,20,21). The molecule has 0 bridgehead atoms. The van der Waals surface area contributed by atoms with Gasteiger partial charge in [0.25, 0.3) is 5.91 Å². The highest BCUT2D eigenvalue weighted by atomic mass is 79.9. The minimum absolute atomic E-state index is 0.152. The van der Waals surface area contributed by atoms with Crippen LogP contribution in [0.1, 0.15) is 13.3 Å². The predicted molar refractivity (Wildman–Crippen MR) is 86.1 cm³/mol. The molecule has 0 spiro atoms. The van der Waals surface area contributed by atoms with E-state index in [2.05, 4.69) is 15.9 Å². The molecule has 5 nitrogen and oxygen atoms in total. The second-order valence-electron chi connectivity index (χ2n) is 5.54. The lowest BCUT2D eigenvalue weighted by Crippen LogP contribution is -2.47. The van der Waals surface area contributed by atoms with E-state index in [0.29, 0.717) is 23.7 Å². The van der Waals surface area contributed by atoms with E-state index in [1.807, 2.05) is 6.92 Å². The summed E-state index contributed by atoms with van der Waals surface area (Å²) in [5.74, 6) is -1.00. The van der Waals surface area contributed by atoms with Gasteiger partial charge < -0.3 is 14.7 Å². The molecule has 7 heteroatoms. The monoisotopic (exact) mass is 389 g/mol. The van der Waals surface area contributed by atoms with E-state index in [1.54, 1.807) is 23.1 Å². The summed E-state index contributed by atoms with van der Waals surface area (Å²) in [7, 11) is 0. The molecular formula is C15H17BrClNO4. The van der Waals surface area contributed by atoms with Crippen LogP contribution in [-0.2, 0) is 9.59 Å². The number of piperidine rings is 1. The average molecular weight is 391 g/mol. The van der Waals surface area contributed by atoms with Gasteiger partial charge in [0.1, 0.15) is 5.75 Å². The molecule has 1 saturated heterocycles. The number of ether oxygens (including phenoxy) is 1. The van der Waals surface area contributed by atoms with E-state index in [-0.39, 0.29) is 25.0 Å². The van der Waals surface area contributed by atoms with Crippen molar-refractivity contribution in [2.45, 2.75) is 13.3 Å². The first kappa shape index (κ1) is 17.1. The van der Waals surface area contributed by atoms with Crippen molar-refractivity contribution < 1.29 is 19.4 Å². The van der Waals surface area contributed by atoms with Gasteiger partial charge in [0.2, 0.25) is 0 Å². The van der Waals surface area contributed by atoms with Gasteiger partial charge in [0.15, 0.2) is 6.61 Å². The van der Waals surface area contributed by atoms with E-state index in [4.69, 9.17) is 21.4 Å². The number of hydrogen-bond acceptors (Lipinski definition) is 3. The van der Waals surface area contributed by atoms with Gasteiger partial charge in [0.05, 0.1) is 10.9 Å². The molecule has 0 radical (unpaired) electrons. The molecule has 2 unspecified atom stereocenters. The first-order valence-electron chi connectivity index (χ1n) is 6.95. The Kier molecular flexibility index (Phi) is 5.69. The zero-order valence-electron chi connectivity index (χ0n) is 12.1. The molecule has 0 aliphatic carbocycles. The van der Waals surface area contributed by atoms with Crippen LogP contribution in [0.25, 0.3) is 0 Å². The van der Waals surface area contributed by atoms with Gasteiger partial charge in [-0.05, 0) is 30.5 Å². The molecule has 1 amide bonds. The van der Waals surface area contributed by atoms with Gasteiger partial charge in [-0.1, -0.05) is 34.5 Å². The Balaban J connectivity index is 1.95. The van der Waals surface area contributed by atoms with Gasteiger partial charge in [-0.3, -0.25) is 9.59 Å². The zero-order chi connectivity index (χ0) is 16.3. The highest BCUT2D eigenvalue weighted by Crippen LogP contribution is 2.28. The molecule has 120 valence electrons. The zero-order valence-corrected chi connectivity index (χ0v) is 14.4. The van der Waals surface area contributed by atoms with Crippen LogP contribution in [0.4, 0.5) is 0 Å². The Morgan fingerprint density at radius 3 is 2.82 bits per heavy atom. The van der Waals surface area contributed by atoms with Crippen molar-refractivity contribution >= 4 is 39.4 Å². The van der Waals surface area contributed by atoms with Gasteiger partial charge in [0, 0.05) is 17.6 Å². The summed E-state index contributed by atoms with van der Waals surface area (Å²) in [6.07, 6.45) is 0.596. The molecule has 1 N–H and O–H groups in total.